The standard InChI is InChI=1S/C27H18/c1-3-11-20-18(8-1)10-7-15-22(20)27-17-26-21-12-4-2-9-19(21)16-25(26)23-13-5-6-14-24(23)27/h1-15,17H,16H2. The van der Waals surface area contributed by atoms with Crippen molar-refractivity contribution in [3.8, 4) is 22.3 Å². The molecule has 1 aliphatic carbocycles. The Balaban J connectivity index is 1.76. The Kier molecular flexibility index (Phi) is 3.04. The molecular formula is C27H18. The van der Waals surface area contributed by atoms with Gasteiger partial charge in [0.15, 0.2) is 0 Å². The first-order valence-electron chi connectivity index (χ1n) is 9.51. The summed E-state index contributed by atoms with van der Waals surface area (Å²) in [5, 5.41) is 5.34. The van der Waals surface area contributed by atoms with Gasteiger partial charge in [-0.25, -0.2) is 0 Å². The van der Waals surface area contributed by atoms with Crippen molar-refractivity contribution in [2.75, 3.05) is 0 Å². The average Bonchev–Trinajstić information content (AvgIpc) is 3.12. The monoisotopic (exact) mass is 342 g/mol. The molecule has 0 heteroatoms. The Bertz CT molecular complexity index is 1340. The smallest absolute Gasteiger partial charge is 0.000728 e. The van der Waals surface area contributed by atoms with Crippen LogP contribution in [0.2, 0.25) is 0 Å². The quantitative estimate of drug-likeness (QED) is 0.296. The minimum absolute atomic E-state index is 1.03. The van der Waals surface area contributed by atoms with Gasteiger partial charge < -0.3 is 0 Å². The second-order valence-electron chi connectivity index (χ2n) is 7.36. The molecule has 0 bridgehead atoms. The predicted molar refractivity (Wildman–Crippen MR) is 115 cm³/mol. The summed E-state index contributed by atoms with van der Waals surface area (Å²) in [6, 6.07) is 35.5. The summed E-state index contributed by atoms with van der Waals surface area (Å²) in [5.41, 5.74) is 8.34. The van der Waals surface area contributed by atoms with Crippen LogP contribution in [0.1, 0.15) is 11.1 Å². The van der Waals surface area contributed by atoms with Gasteiger partial charge in [0, 0.05) is 0 Å². The zero-order valence-electron chi connectivity index (χ0n) is 14.9. The Morgan fingerprint density at radius 2 is 1.11 bits per heavy atom. The van der Waals surface area contributed by atoms with E-state index >= 15 is 0 Å². The number of rotatable bonds is 1. The van der Waals surface area contributed by atoms with E-state index in [0.29, 0.717) is 0 Å². The molecule has 0 saturated heterocycles. The first kappa shape index (κ1) is 14.8. The normalized spacial score (nSPS) is 12.3. The van der Waals surface area contributed by atoms with Crippen molar-refractivity contribution in [2.24, 2.45) is 0 Å². The maximum atomic E-state index is 2.42. The van der Waals surface area contributed by atoms with Crippen LogP contribution in [0.3, 0.4) is 0 Å². The number of benzene rings is 5. The number of fused-ring (bicyclic) bond motifs is 6. The third-order valence-electron chi connectivity index (χ3n) is 5.91. The minimum atomic E-state index is 1.03. The molecule has 0 aromatic heterocycles. The maximum absolute atomic E-state index is 2.42. The molecule has 5 aromatic rings. The molecule has 0 radical (unpaired) electrons. The molecule has 0 amide bonds. The number of hydrogen-bond donors (Lipinski definition) is 0. The van der Waals surface area contributed by atoms with Gasteiger partial charge >= 0.3 is 0 Å². The van der Waals surface area contributed by atoms with Crippen molar-refractivity contribution in [3.63, 3.8) is 0 Å². The van der Waals surface area contributed by atoms with Crippen molar-refractivity contribution in [3.05, 3.63) is 108 Å². The van der Waals surface area contributed by atoms with Gasteiger partial charge in [-0.3, -0.25) is 0 Å². The van der Waals surface area contributed by atoms with Crippen molar-refractivity contribution in [2.45, 2.75) is 6.42 Å². The summed E-state index contributed by atoms with van der Waals surface area (Å²) < 4.78 is 0. The molecule has 0 N–H and O–H groups in total. The van der Waals surface area contributed by atoms with E-state index in [1.165, 1.54) is 54.9 Å². The average molecular weight is 342 g/mol. The largest absolute Gasteiger partial charge is 0.0619 e. The molecule has 27 heavy (non-hydrogen) atoms. The summed E-state index contributed by atoms with van der Waals surface area (Å²) >= 11 is 0. The summed E-state index contributed by atoms with van der Waals surface area (Å²) in [7, 11) is 0. The lowest BCUT2D eigenvalue weighted by Crippen LogP contribution is -1.89. The first-order chi connectivity index (χ1) is 13.4. The van der Waals surface area contributed by atoms with Crippen molar-refractivity contribution >= 4 is 21.5 Å². The Morgan fingerprint density at radius 1 is 0.444 bits per heavy atom. The first-order valence-corrected chi connectivity index (χ1v) is 9.51. The van der Waals surface area contributed by atoms with Crippen LogP contribution in [0, 0.1) is 0 Å². The van der Waals surface area contributed by atoms with Gasteiger partial charge in [0.2, 0.25) is 0 Å². The molecule has 0 fully saturated rings. The van der Waals surface area contributed by atoms with E-state index < -0.39 is 0 Å². The molecule has 5 aromatic carbocycles. The van der Waals surface area contributed by atoms with E-state index in [1.807, 2.05) is 0 Å². The Hall–Kier alpha value is -3.38. The van der Waals surface area contributed by atoms with E-state index in [4.69, 9.17) is 0 Å². The third kappa shape index (κ3) is 2.10. The third-order valence-corrected chi connectivity index (χ3v) is 5.91. The lowest BCUT2D eigenvalue weighted by Gasteiger charge is -2.14. The molecule has 0 aliphatic heterocycles. The van der Waals surface area contributed by atoms with E-state index in [-0.39, 0.29) is 0 Å². The number of hydrogen-bond acceptors (Lipinski definition) is 0. The topological polar surface area (TPSA) is 0 Å². The van der Waals surface area contributed by atoms with Gasteiger partial charge in [0.25, 0.3) is 0 Å². The predicted octanol–water partition coefficient (Wildman–Crippen LogP) is 7.23. The molecule has 0 saturated carbocycles. The van der Waals surface area contributed by atoms with Crippen LogP contribution in [0.15, 0.2) is 97.1 Å². The molecule has 0 spiro atoms. The van der Waals surface area contributed by atoms with Crippen molar-refractivity contribution in [1.82, 2.24) is 0 Å². The van der Waals surface area contributed by atoms with Crippen LogP contribution in [0.25, 0.3) is 43.8 Å². The molecule has 0 heterocycles. The van der Waals surface area contributed by atoms with Crippen LogP contribution in [0.4, 0.5) is 0 Å². The zero-order chi connectivity index (χ0) is 17.8. The molecule has 0 nitrogen and oxygen atoms in total. The summed E-state index contributed by atoms with van der Waals surface area (Å²) in [4.78, 5) is 0. The fourth-order valence-corrected chi connectivity index (χ4v) is 4.68. The zero-order valence-corrected chi connectivity index (χ0v) is 14.9. The van der Waals surface area contributed by atoms with E-state index in [2.05, 4.69) is 97.1 Å². The van der Waals surface area contributed by atoms with Crippen LogP contribution in [-0.2, 0) is 6.42 Å². The van der Waals surface area contributed by atoms with E-state index in [9.17, 15) is 0 Å². The molecule has 126 valence electrons. The van der Waals surface area contributed by atoms with E-state index in [1.54, 1.807) is 0 Å². The molecule has 0 atom stereocenters. The molecule has 1 aliphatic rings. The highest BCUT2D eigenvalue weighted by atomic mass is 14.3. The highest BCUT2D eigenvalue weighted by Gasteiger charge is 2.22. The lowest BCUT2D eigenvalue weighted by molar-refractivity contribution is 1.28. The van der Waals surface area contributed by atoms with Crippen molar-refractivity contribution in [1.29, 1.82) is 0 Å². The van der Waals surface area contributed by atoms with Crippen LogP contribution >= 0.6 is 0 Å². The van der Waals surface area contributed by atoms with Crippen LogP contribution < -0.4 is 0 Å². The van der Waals surface area contributed by atoms with Crippen LogP contribution in [-0.4, -0.2) is 0 Å². The fraction of sp³-hybridized carbons (Fsp3) is 0.0370. The second kappa shape index (κ2) is 5.56. The van der Waals surface area contributed by atoms with Gasteiger partial charge in [0.1, 0.15) is 0 Å². The Morgan fingerprint density at radius 3 is 2.04 bits per heavy atom. The molecular weight excluding hydrogens is 324 g/mol. The van der Waals surface area contributed by atoms with Gasteiger partial charge in [-0.1, -0.05) is 91.0 Å². The van der Waals surface area contributed by atoms with Gasteiger partial charge in [-0.05, 0) is 67.4 Å². The highest BCUT2D eigenvalue weighted by molar-refractivity contribution is 6.09. The van der Waals surface area contributed by atoms with E-state index in [0.717, 1.165) is 6.42 Å². The van der Waals surface area contributed by atoms with Gasteiger partial charge in [-0.2, -0.15) is 0 Å². The van der Waals surface area contributed by atoms with Crippen LogP contribution in [0.5, 0.6) is 0 Å². The summed E-state index contributed by atoms with van der Waals surface area (Å²) in [6.45, 7) is 0. The Labute approximate surface area is 158 Å². The van der Waals surface area contributed by atoms with Crippen molar-refractivity contribution < 1.29 is 0 Å². The van der Waals surface area contributed by atoms with Gasteiger partial charge in [0.05, 0.1) is 0 Å². The molecule has 6 rings (SSSR count). The maximum Gasteiger partial charge on any atom is -0.000728 e. The molecule has 0 unspecified atom stereocenters. The second-order valence-corrected chi connectivity index (χ2v) is 7.36. The highest BCUT2D eigenvalue weighted by Crippen LogP contribution is 2.45. The lowest BCUT2D eigenvalue weighted by atomic mass is 9.89. The summed E-state index contributed by atoms with van der Waals surface area (Å²) in [5.74, 6) is 0. The SMILES string of the molecule is c1ccc2c(c1)Cc1c-2cc(-c2cccc3ccccc23)c2ccccc12. The minimum Gasteiger partial charge on any atom is -0.0619 e. The fourth-order valence-electron chi connectivity index (χ4n) is 4.68. The van der Waals surface area contributed by atoms with Gasteiger partial charge in [-0.15, -0.1) is 0 Å². The summed E-state index contributed by atoms with van der Waals surface area (Å²) in [6.07, 6.45) is 1.03.